The van der Waals surface area contributed by atoms with Crippen LogP contribution in [-0.2, 0) is 6.54 Å². The van der Waals surface area contributed by atoms with E-state index in [0.717, 1.165) is 11.4 Å². The smallest absolute Gasteiger partial charge is 0.254 e. The van der Waals surface area contributed by atoms with Crippen LogP contribution in [0.5, 0.6) is 5.75 Å². The lowest BCUT2D eigenvalue weighted by molar-refractivity contribution is 0.0947. The molecule has 0 unspecified atom stereocenters. The summed E-state index contributed by atoms with van der Waals surface area (Å²) in [5, 5.41) is 5.83. The summed E-state index contributed by atoms with van der Waals surface area (Å²) >= 11 is 0. The summed E-state index contributed by atoms with van der Waals surface area (Å²) in [7, 11) is 0. The molecule has 0 radical (unpaired) electrons. The van der Waals surface area contributed by atoms with E-state index in [9.17, 15) is 4.79 Å². The van der Waals surface area contributed by atoms with Crippen molar-refractivity contribution in [3.63, 3.8) is 0 Å². The molecule has 3 rings (SSSR count). The number of carbonyl (C=O) groups is 1. The van der Waals surface area contributed by atoms with Crippen molar-refractivity contribution in [2.75, 3.05) is 5.32 Å². The SMILES string of the molecule is CC(C)Oc1ccc(Nc2ncc(C(=O)NCc3ccco3)cn2)cc1. The van der Waals surface area contributed by atoms with Gasteiger partial charge >= 0.3 is 0 Å². The van der Waals surface area contributed by atoms with Gasteiger partial charge in [0.25, 0.3) is 5.91 Å². The first-order chi connectivity index (χ1) is 12.6. The van der Waals surface area contributed by atoms with Crippen LogP contribution in [0.3, 0.4) is 0 Å². The summed E-state index contributed by atoms with van der Waals surface area (Å²) in [5.74, 6) is 1.63. The lowest BCUT2D eigenvalue weighted by Crippen LogP contribution is -2.22. The van der Waals surface area contributed by atoms with E-state index >= 15 is 0 Å². The van der Waals surface area contributed by atoms with Crippen LogP contribution in [0.2, 0.25) is 0 Å². The molecule has 7 heteroatoms. The predicted molar refractivity (Wildman–Crippen MR) is 97.4 cm³/mol. The predicted octanol–water partition coefficient (Wildman–Crippen LogP) is 3.53. The molecule has 2 N–H and O–H groups in total. The van der Waals surface area contributed by atoms with Gasteiger partial charge < -0.3 is 19.8 Å². The molecule has 0 aliphatic carbocycles. The van der Waals surface area contributed by atoms with E-state index in [4.69, 9.17) is 9.15 Å². The van der Waals surface area contributed by atoms with Gasteiger partial charge in [-0.1, -0.05) is 0 Å². The van der Waals surface area contributed by atoms with Crippen molar-refractivity contribution in [3.8, 4) is 5.75 Å². The summed E-state index contributed by atoms with van der Waals surface area (Å²) in [6, 6.07) is 11.1. The van der Waals surface area contributed by atoms with Crippen LogP contribution in [0, 0.1) is 0 Å². The number of hydrogen-bond acceptors (Lipinski definition) is 6. The summed E-state index contributed by atoms with van der Waals surface area (Å²) in [4.78, 5) is 20.4. The molecule has 1 aromatic carbocycles. The van der Waals surface area contributed by atoms with E-state index < -0.39 is 0 Å². The highest BCUT2D eigenvalue weighted by Gasteiger charge is 2.08. The summed E-state index contributed by atoms with van der Waals surface area (Å²) < 4.78 is 10.8. The minimum atomic E-state index is -0.261. The zero-order chi connectivity index (χ0) is 18.4. The van der Waals surface area contributed by atoms with Crippen LogP contribution in [-0.4, -0.2) is 22.0 Å². The number of ether oxygens (including phenoxy) is 1. The van der Waals surface area contributed by atoms with Gasteiger partial charge in [-0.25, -0.2) is 9.97 Å². The second-order valence-electron chi connectivity index (χ2n) is 5.87. The molecule has 0 aliphatic rings. The highest BCUT2D eigenvalue weighted by Crippen LogP contribution is 2.19. The number of nitrogens with one attached hydrogen (secondary N) is 2. The molecule has 0 spiro atoms. The van der Waals surface area contributed by atoms with E-state index in [1.165, 1.54) is 12.4 Å². The molecule has 134 valence electrons. The molecule has 0 saturated heterocycles. The second kappa shape index (κ2) is 8.15. The Balaban J connectivity index is 1.56. The molecule has 0 atom stereocenters. The van der Waals surface area contributed by atoms with Crippen molar-refractivity contribution in [1.29, 1.82) is 0 Å². The highest BCUT2D eigenvalue weighted by atomic mass is 16.5. The number of nitrogens with zero attached hydrogens (tertiary/aromatic N) is 2. The number of anilines is 2. The molecule has 2 aromatic heterocycles. The molecule has 26 heavy (non-hydrogen) atoms. The minimum Gasteiger partial charge on any atom is -0.491 e. The Morgan fingerprint density at radius 3 is 2.50 bits per heavy atom. The van der Waals surface area contributed by atoms with Gasteiger partial charge in [-0.3, -0.25) is 4.79 Å². The first-order valence-electron chi connectivity index (χ1n) is 8.26. The average Bonchev–Trinajstić information content (AvgIpc) is 3.15. The molecule has 0 aliphatic heterocycles. The van der Waals surface area contributed by atoms with Crippen LogP contribution in [0.25, 0.3) is 0 Å². The normalized spacial score (nSPS) is 10.6. The fourth-order valence-corrected chi connectivity index (χ4v) is 2.21. The van der Waals surface area contributed by atoms with Gasteiger partial charge in [0, 0.05) is 18.1 Å². The van der Waals surface area contributed by atoms with E-state index in [0.29, 0.717) is 23.8 Å². The second-order valence-corrected chi connectivity index (χ2v) is 5.87. The van der Waals surface area contributed by atoms with Crippen molar-refractivity contribution < 1.29 is 13.9 Å². The zero-order valence-electron chi connectivity index (χ0n) is 14.6. The van der Waals surface area contributed by atoms with E-state index in [1.807, 2.05) is 38.1 Å². The van der Waals surface area contributed by atoms with Crippen molar-refractivity contribution in [2.45, 2.75) is 26.5 Å². The molecular formula is C19H20N4O3. The molecule has 0 bridgehead atoms. The first-order valence-corrected chi connectivity index (χ1v) is 8.26. The van der Waals surface area contributed by atoms with Crippen LogP contribution < -0.4 is 15.4 Å². The number of aromatic nitrogens is 2. The largest absolute Gasteiger partial charge is 0.491 e. The van der Waals surface area contributed by atoms with Gasteiger partial charge in [-0.15, -0.1) is 0 Å². The lowest BCUT2D eigenvalue weighted by Gasteiger charge is -2.10. The maximum atomic E-state index is 12.1. The lowest BCUT2D eigenvalue weighted by atomic mass is 10.3. The standard InChI is InChI=1S/C19H20N4O3/c1-13(2)26-16-7-5-15(6-8-16)23-19-21-10-14(11-22-19)18(24)20-12-17-4-3-9-25-17/h3-11,13H,12H2,1-2H3,(H,20,24)(H,21,22,23). The molecular weight excluding hydrogens is 332 g/mol. The third kappa shape index (κ3) is 4.83. The van der Waals surface area contributed by atoms with Gasteiger partial charge in [0.1, 0.15) is 11.5 Å². The van der Waals surface area contributed by atoms with Gasteiger partial charge in [-0.05, 0) is 50.2 Å². The van der Waals surface area contributed by atoms with E-state index in [-0.39, 0.29) is 12.0 Å². The van der Waals surface area contributed by atoms with Crippen LogP contribution >= 0.6 is 0 Å². The minimum absolute atomic E-state index is 0.128. The first kappa shape index (κ1) is 17.5. The van der Waals surface area contributed by atoms with Gasteiger partial charge in [0.15, 0.2) is 0 Å². The topological polar surface area (TPSA) is 89.3 Å². The van der Waals surface area contributed by atoms with Crippen LogP contribution in [0.15, 0.2) is 59.5 Å². The van der Waals surface area contributed by atoms with Crippen LogP contribution in [0.4, 0.5) is 11.6 Å². The number of amides is 1. The van der Waals surface area contributed by atoms with Crippen molar-refractivity contribution in [1.82, 2.24) is 15.3 Å². The Labute approximate surface area is 151 Å². The van der Waals surface area contributed by atoms with E-state index in [1.54, 1.807) is 18.4 Å². The molecule has 2 heterocycles. The summed E-state index contributed by atoms with van der Waals surface area (Å²) in [6.07, 6.45) is 4.64. The van der Waals surface area contributed by atoms with Gasteiger partial charge in [-0.2, -0.15) is 0 Å². The number of carbonyl (C=O) groups excluding carboxylic acids is 1. The summed E-state index contributed by atoms with van der Waals surface area (Å²) in [6.45, 7) is 4.27. The molecule has 7 nitrogen and oxygen atoms in total. The monoisotopic (exact) mass is 352 g/mol. The molecule has 1 amide bonds. The average molecular weight is 352 g/mol. The molecule has 3 aromatic rings. The van der Waals surface area contributed by atoms with Gasteiger partial charge in [0.05, 0.1) is 24.5 Å². The number of rotatable bonds is 7. The van der Waals surface area contributed by atoms with Crippen LogP contribution in [0.1, 0.15) is 30.0 Å². The zero-order valence-corrected chi connectivity index (χ0v) is 14.6. The fourth-order valence-electron chi connectivity index (χ4n) is 2.21. The Morgan fingerprint density at radius 1 is 1.15 bits per heavy atom. The highest BCUT2D eigenvalue weighted by molar-refractivity contribution is 5.93. The Kier molecular flexibility index (Phi) is 5.48. The maximum Gasteiger partial charge on any atom is 0.254 e. The third-order valence-corrected chi connectivity index (χ3v) is 3.40. The van der Waals surface area contributed by atoms with Crippen molar-refractivity contribution in [3.05, 3.63) is 66.4 Å². The Bertz CT molecular complexity index is 828. The Morgan fingerprint density at radius 2 is 1.88 bits per heavy atom. The van der Waals surface area contributed by atoms with Gasteiger partial charge in [0.2, 0.25) is 5.95 Å². The van der Waals surface area contributed by atoms with Crippen molar-refractivity contribution in [2.24, 2.45) is 0 Å². The quantitative estimate of drug-likeness (QED) is 0.676. The number of furan rings is 1. The maximum absolute atomic E-state index is 12.1. The molecule has 0 saturated carbocycles. The number of benzene rings is 1. The Hall–Kier alpha value is -3.35. The fraction of sp³-hybridized carbons (Fsp3) is 0.211. The third-order valence-electron chi connectivity index (χ3n) is 3.40. The van der Waals surface area contributed by atoms with E-state index in [2.05, 4.69) is 20.6 Å². The van der Waals surface area contributed by atoms with Crippen molar-refractivity contribution >= 4 is 17.5 Å². The molecule has 0 fully saturated rings. The number of hydrogen-bond donors (Lipinski definition) is 2. The summed E-state index contributed by atoms with van der Waals surface area (Å²) in [5.41, 5.74) is 1.21.